The van der Waals surface area contributed by atoms with Crippen molar-refractivity contribution in [1.82, 2.24) is 14.9 Å². The van der Waals surface area contributed by atoms with Crippen molar-refractivity contribution in [3.63, 3.8) is 0 Å². The highest BCUT2D eigenvalue weighted by molar-refractivity contribution is 7.89. The Morgan fingerprint density at radius 3 is 2.00 bits per heavy atom. The van der Waals surface area contributed by atoms with Crippen LogP contribution in [0.15, 0.2) is 114 Å². The van der Waals surface area contributed by atoms with Gasteiger partial charge in [-0.25, -0.2) is 17.9 Å². The Balaban J connectivity index is 1.07. The SMILES string of the molecule is COCCCCC1(CNC(=O)[C@H]2C[C@@H](NS(=O)(=O)c3c(C)cc(C)cc3C)CN(C(=O)OCC3c4ccccc4-c4ccccc43)C2)c2ccccc2Oc2ccccc21. The van der Waals surface area contributed by atoms with Crippen LogP contribution in [0.2, 0.25) is 0 Å². The summed E-state index contributed by atoms with van der Waals surface area (Å²) in [6.07, 6.45) is 2.01. The molecule has 2 heterocycles. The molecule has 3 aliphatic rings. The highest BCUT2D eigenvalue weighted by Gasteiger charge is 2.44. The third-order valence-corrected chi connectivity index (χ3v) is 14.2. The molecule has 2 atom stereocenters. The number of para-hydroxylation sites is 2. The molecule has 5 aromatic carbocycles. The smallest absolute Gasteiger partial charge is 0.409 e. The van der Waals surface area contributed by atoms with Gasteiger partial charge < -0.3 is 24.4 Å². The summed E-state index contributed by atoms with van der Waals surface area (Å²) in [6, 6.07) is 35.1. The van der Waals surface area contributed by atoms with Crippen LogP contribution in [0, 0.1) is 26.7 Å². The lowest BCUT2D eigenvalue weighted by Crippen LogP contribution is -2.56. The summed E-state index contributed by atoms with van der Waals surface area (Å²) in [4.78, 5) is 30.4. The number of sulfonamides is 1. The molecule has 1 aliphatic carbocycles. The van der Waals surface area contributed by atoms with E-state index in [-0.39, 0.29) is 49.4 Å². The molecular formula is C49H53N3O7S. The Morgan fingerprint density at radius 2 is 1.38 bits per heavy atom. The van der Waals surface area contributed by atoms with E-state index in [0.717, 1.165) is 69.7 Å². The Hall–Kier alpha value is -5.49. The number of nitrogens with zero attached hydrogens (tertiary/aromatic N) is 1. The second-order valence-corrected chi connectivity index (χ2v) is 18.2. The van der Waals surface area contributed by atoms with Gasteiger partial charge in [0, 0.05) is 61.9 Å². The van der Waals surface area contributed by atoms with Crippen LogP contribution in [0.25, 0.3) is 11.1 Å². The Kier molecular flexibility index (Phi) is 11.9. The molecule has 0 aromatic heterocycles. The van der Waals surface area contributed by atoms with E-state index in [9.17, 15) is 18.0 Å². The number of fused-ring (bicyclic) bond motifs is 5. The maximum absolute atomic E-state index is 14.6. The van der Waals surface area contributed by atoms with E-state index in [2.05, 4.69) is 46.4 Å². The van der Waals surface area contributed by atoms with E-state index in [4.69, 9.17) is 14.2 Å². The van der Waals surface area contributed by atoms with E-state index < -0.39 is 33.5 Å². The molecule has 2 amide bonds. The van der Waals surface area contributed by atoms with Crippen molar-refractivity contribution in [3.8, 4) is 22.6 Å². The average Bonchev–Trinajstić information content (AvgIpc) is 3.55. The fourth-order valence-corrected chi connectivity index (χ4v) is 11.5. The summed E-state index contributed by atoms with van der Waals surface area (Å²) in [7, 11) is -2.34. The van der Waals surface area contributed by atoms with Gasteiger partial charge in [-0.3, -0.25) is 4.79 Å². The fourth-order valence-electron chi connectivity index (χ4n) is 9.85. The Morgan fingerprint density at radius 1 is 0.800 bits per heavy atom. The number of nitrogens with one attached hydrogen (secondary N) is 2. The van der Waals surface area contributed by atoms with E-state index in [1.807, 2.05) is 79.7 Å². The first-order valence-corrected chi connectivity index (χ1v) is 22.3. The molecule has 0 spiro atoms. The second-order valence-electron chi connectivity index (χ2n) is 16.5. The Labute approximate surface area is 353 Å². The van der Waals surface area contributed by atoms with Gasteiger partial charge in [-0.2, -0.15) is 0 Å². The standard InChI is InChI=1S/C49H53N3O7S/c1-32-25-33(2)46(34(3)26-32)60(55,56)51-36-27-35(28-52(29-36)48(54)58-30-41-39-17-7-5-15-37(39)38-16-6-8-18-40(38)41)47(53)50-31-49(23-13-14-24-57-4)42-19-9-11-21-44(42)59-45-22-12-10-20-43(45)49/h5-12,15-22,25-26,35-36,41,51H,13-14,23-24,27-31H2,1-4H3,(H,50,53)/t35-,36+/m0/s1. The number of amides is 2. The van der Waals surface area contributed by atoms with E-state index in [0.29, 0.717) is 17.7 Å². The van der Waals surface area contributed by atoms with Crippen LogP contribution in [-0.4, -0.2) is 71.3 Å². The maximum atomic E-state index is 14.6. The van der Waals surface area contributed by atoms with Crippen molar-refractivity contribution in [1.29, 1.82) is 0 Å². The van der Waals surface area contributed by atoms with Gasteiger partial charge >= 0.3 is 6.09 Å². The summed E-state index contributed by atoms with van der Waals surface area (Å²) in [6.45, 7) is 6.61. The number of unbranched alkanes of at least 4 members (excludes halogenated alkanes) is 1. The van der Waals surface area contributed by atoms with Crippen LogP contribution >= 0.6 is 0 Å². The van der Waals surface area contributed by atoms with Crippen molar-refractivity contribution >= 4 is 22.0 Å². The number of ether oxygens (including phenoxy) is 3. The van der Waals surface area contributed by atoms with Crippen molar-refractivity contribution in [2.75, 3.05) is 40.0 Å². The molecule has 0 unspecified atom stereocenters. The first-order valence-electron chi connectivity index (χ1n) is 20.8. The first-order chi connectivity index (χ1) is 29.0. The minimum atomic E-state index is -4.03. The number of aryl methyl sites for hydroxylation is 3. The van der Waals surface area contributed by atoms with E-state index >= 15 is 0 Å². The summed E-state index contributed by atoms with van der Waals surface area (Å²) in [5, 5.41) is 3.30. The molecule has 1 fully saturated rings. The number of piperidine rings is 1. The molecule has 0 radical (unpaired) electrons. The van der Waals surface area contributed by atoms with Gasteiger partial charge in [-0.1, -0.05) is 103 Å². The molecule has 2 N–H and O–H groups in total. The fraction of sp³-hybridized carbons (Fsp3) is 0.347. The molecule has 2 aliphatic heterocycles. The monoisotopic (exact) mass is 827 g/mol. The van der Waals surface area contributed by atoms with E-state index in [1.165, 1.54) is 4.90 Å². The van der Waals surface area contributed by atoms with Crippen molar-refractivity contribution in [3.05, 3.63) is 148 Å². The van der Waals surface area contributed by atoms with Crippen LogP contribution in [0.5, 0.6) is 11.5 Å². The number of likely N-dealkylation sites (tertiary alicyclic amines) is 1. The van der Waals surface area contributed by atoms with Crippen LogP contribution in [0.3, 0.4) is 0 Å². The molecule has 10 nitrogen and oxygen atoms in total. The summed E-state index contributed by atoms with van der Waals surface area (Å²) >= 11 is 0. The molecule has 1 saturated heterocycles. The van der Waals surface area contributed by atoms with Gasteiger partial charge in [0.05, 0.1) is 10.8 Å². The van der Waals surface area contributed by atoms with Crippen LogP contribution in [0.1, 0.15) is 70.5 Å². The van der Waals surface area contributed by atoms with Gasteiger partial charge in [0.1, 0.15) is 18.1 Å². The summed E-state index contributed by atoms with van der Waals surface area (Å²) in [5.74, 6) is 0.330. The van der Waals surface area contributed by atoms with Crippen LogP contribution < -0.4 is 14.8 Å². The molecule has 5 aromatic rings. The number of carbonyl (C=O) groups excluding carboxylic acids is 2. The molecule has 0 bridgehead atoms. The van der Waals surface area contributed by atoms with Crippen molar-refractivity contribution in [2.45, 2.75) is 68.7 Å². The summed E-state index contributed by atoms with van der Waals surface area (Å²) in [5.41, 5.74) is 7.99. The normalized spacial score (nSPS) is 17.8. The zero-order valence-electron chi connectivity index (χ0n) is 34.7. The van der Waals surface area contributed by atoms with Crippen LogP contribution in [-0.2, 0) is 29.7 Å². The predicted molar refractivity (Wildman–Crippen MR) is 232 cm³/mol. The topological polar surface area (TPSA) is 123 Å². The van der Waals surface area contributed by atoms with Gasteiger partial charge in [-0.15, -0.1) is 0 Å². The molecule has 11 heteroatoms. The number of carbonyl (C=O) groups is 2. The highest BCUT2D eigenvalue weighted by atomic mass is 32.2. The maximum Gasteiger partial charge on any atom is 0.409 e. The zero-order chi connectivity index (χ0) is 42.0. The lowest BCUT2D eigenvalue weighted by atomic mass is 9.69. The second kappa shape index (κ2) is 17.2. The molecule has 8 rings (SSSR count). The zero-order valence-corrected chi connectivity index (χ0v) is 35.5. The van der Waals surface area contributed by atoms with Gasteiger partial charge in [0.2, 0.25) is 15.9 Å². The Bertz CT molecular complexity index is 2410. The third-order valence-electron chi connectivity index (χ3n) is 12.4. The predicted octanol–water partition coefficient (Wildman–Crippen LogP) is 8.55. The van der Waals surface area contributed by atoms with E-state index in [1.54, 1.807) is 21.0 Å². The minimum Gasteiger partial charge on any atom is -0.457 e. The molecular weight excluding hydrogens is 775 g/mol. The number of benzene rings is 5. The average molecular weight is 828 g/mol. The minimum absolute atomic E-state index is 0.0468. The number of hydrogen-bond acceptors (Lipinski definition) is 7. The van der Waals surface area contributed by atoms with Crippen LogP contribution in [0.4, 0.5) is 4.79 Å². The molecule has 60 heavy (non-hydrogen) atoms. The lowest BCUT2D eigenvalue weighted by molar-refractivity contribution is -0.127. The molecule has 312 valence electrons. The lowest BCUT2D eigenvalue weighted by Gasteiger charge is -2.41. The highest BCUT2D eigenvalue weighted by Crippen LogP contribution is 2.50. The van der Waals surface area contributed by atoms with Crippen molar-refractivity contribution < 1.29 is 32.2 Å². The number of rotatable bonds is 13. The molecule has 0 saturated carbocycles. The number of methoxy groups -OCH3 is 1. The summed E-state index contributed by atoms with van der Waals surface area (Å²) < 4.78 is 49.0. The van der Waals surface area contributed by atoms with Gasteiger partial charge in [-0.05, 0) is 92.0 Å². The van der Waals surface area contributed by atoms with Gasteiger partial charge in [0.15, 0.2) is 0 Å². The number of hydrogen-bond donors (Lipinski definition) is 2. The quantitative estimate of drug-likeness (QED) is 0.114. The first kappa shape index (κ1) is 41.3. The third kappa shape index (κ3) is 8.06. The van der Waals surface area contributed by atoms with Gasteiger partial charge in [0.25, 0.3) is 0 Å². The largest absolute Gasteiger partial charge is 0.457 e. The van der Waals surface area contributed by atoms with Crippen molar-refractivity contribution in [2.24, 2.45) is 5.92 Å².